The number of nitrogens with zero attached hydrogens (tertiary/aromatic N) is 2. The lowest BCUT2D eigenvalue weighted by Crippen LogP contribution is -2.42. The van der Waals surface area contributed by atoms with Gasteiger partial charge in [-0.15, -0.1) is 0 Å². The molecule has 1 fully saturated rings. The van der Waals surface area contributed by atoms with Crippen LogP contribution in [0.15, 0.2) is 34.9 Å². The van der Waals surface area contributed by atoms with Gasteiger partial charge in [-0.25, -0.2) is 14.2 Å². The third-order valence-electron chi connectivity index (χ3n) is 5.26. The van der Waals surface area contributed by atoms with Crippen molar-refractivity contribution in [1.82, 2.24) is 15.2 Å². The minimum Gasteiger partial charge on any atom is -0.444 e. The lowest BCUT2D eigenvalue weighted by atomic mass is 10.0. The number of halogens is 1. The van der Waals surface area contributed by atoms with Crippen molar-refractivity contribution in [2.24, 2.45) is 5.92 Å². The van der Waals surface area contributed by atoms with E-state index in [4.69, 9.17) is 9.15 Å². The van der Waals surface area contributed by atoms with E-state index in [2.05, 4.69) is 10.3 Å². The van der Waals surface area contributed by atoms with Crippen LogP contribution in [0.5, 0.6) is 0 Å². The maximum absolute atomic E-state index is 13.1. The highest BCUT2D eigenvalue weighted by Crippen LogP contribution is 2.23. The SMILES string of the molecule is C[C@H](NC(=O)OC(C)(C)C)[C@@H]1CCN(C(=O)CCc2ncc(-c3ccc(F)cc3)o2)C1. The fraction of sp³-hybridized carbons (Fsp3) is 0.522. The third kappa shape index (κ3) is 6.54. The molecule has 0 bridgehead atoms. The number of hydrogen-bond acceptors (Lipinski definition) is 5. The minimum atomic E-state index is -0.544. The predicted molar refractivity (Wildman–Crippen MR) is 114 cm³/mol. The van der Waals surface area contributed by atoms with Gasteiger partial charge in [0.15, 0.2) is 11.7 Å². The number of aryl methyl sites for hydroxylation is 1. The molecule has 168 valence electrons. The molecule has 3 rings (SSSR count). The summed E-state index contributed by atoms with van der Waals surface area (Å²) < 4.78 is 24.1. The Morgan fingerprint density at radius 1 is 1.32 bits per heavy atom. The Bertz CT molecular complexity index is 904. The first-order valence-corrected chi connectivity index (χ1v) is 10.6. The van der Waals surface area contributed by atoms with Gasteiger partial charge in [-0.2, -0.15) is 0 Å². The number of aromatic nitrogens is 1. The van der Waals surface area contributed by atoms with Gasteiger partial charge in [0.05, 0.1) is 6.20 Å². The zero-order chi connectivity index (χ0) is 22.6. The summed E-state index contributed by atoms with van der Waals surface area (Å²) in [5.74, 6) is 0.930. The number of nitrogens with one attached hydrogen (secondary N) is 1. The van der Waals surface area contributed by atoms with Crippen molar-refractivity contribution in [2.75, 3.05) is 13.1 Å². The van der Waals surface area contributed by atoms with Crippen LogP contribution < -0.4 is 5.32 Å². The molecular formula is C23H30FN3O4. The van der Waals surface area contributed by atoms with Gasteiger partial charge in [0.1, 0.15) is 11.4 Å². The van der Waals surface area contributed by atoms with Crippen molar-refractivity contribution in [2.45, 2.75) is 58.6 Å². The highest BCUT2D eigenvalue weighted by atomic mass is 19.1. The summed E-state index contributed by atoms with van der Waals surface area (Å²) in [7, 11) is 0. The summed E-state index contributed by atoms with van der Waals surface area (Å²) in [6, 6.07) is 5.90. The summed E-state index contributed by atoms with van der Waals surface area (Å²) in [5, 5.41) is 2.87. The Hall–Kier alpha value is -2.90. The van der Waals surface area contributed by atoms with Crippen LogP contribution in [0.3, 0.4) is 0 Å². The monoisotopic (exact) mass is 431 g/mol. The number of alkyl carbamates (subject to hydrolysis) is 1. The molecule has 0 radical (unpaired) electrons. The van der Waals surface area contributed by atoms with Gasteiger partial charge in [-0.05, 0) is 64.3 Å². The van der Waals surface area contributed by atoms with Crippen LogP contribution in [0, 0.1) is 11.7 Å². The van der Waals surface area contributed by atoms with Crippen LogP contribution >= 0.6 is 0 Å². The van der Waals surface area contributed by atoms with E-state index < -0.39 is 11.7 Å². The number of ether oxygens (including phenoxy) is 1. The second-order valence-electron chi connectivity index (χ2n) is 8.95. The van der Waals surface area contributed by atoms with E-state index in [0.717, 1.165) is 12.0 Å². The molecule has 7 nitrogen and oxygen atoms in total. The van der Waals surface area contributed by atoms with Crippen molar-refractivity contribution < 1.29 is 23.1 Å². The molecule has 2 amide bonds. The molecule has 0 spiro atoms. The Kier molecular flexibility index (Phi) is 6.97. The van der Waals surface area contributed by atoms with Crippen molar-refractivity contribution in [3.63, 3.8) is 0 Å². The molecule has 1 N–H and O–H groups in total. The Morgan fingerprint density at radius 2 is 2.03 bits per heavy atom. The molecule has 1 aliphatic rings. The summed E-state index contributed by atoms with van der Waals surface area (Å²) in [6.07, 6.45) is 2.67. The largest absolute Gasteiger partial charge is 0.444 e. The third-order valence-corrected chi connectivity index (χ3v) is 5.26. The second-order valence-corrected chi connectivity index (χ2v) is 8.95. The van der Waals surface area contributed by atoms with E-state index in [0.29, 0.717) is 37.6 Å². The average Bonchev–Trinajstić information content (AvgIpc) is 3.35. The molecule has 1 aliphatic heterocycles. The summed E-state index contributed by atoms with van der Waals surface area (Å²) in [6.45, 7) is 8.67. The Labute approximate surface area is 182 Å². The first-order chi connectivity index (χ1) is 14.6. The molecule has 2 heterocycles. The average molecular weight is 432 g/mol. The van der Waals surface area contributed by atoms with Gasteiger partial charge in [0.2, 0.25) is 5.91 Å². The van der Waals surface area contributed by atoms with E-state index in [1.807, 2.05) is 32.6 Å². The number of benzene rings is 1. The van der Waals surface area contributed by atoms with Crippen LogP contribution in [0.2, 0.25) is 0 Å². The fourth-order valence-electron chi connectivity index (χ4n) is 3.58. The minimum absolute atomic E-state index is 0.0356. The van der Waals surface area contributed by atoms with E-state index in [1.165, 1.54) is 12.1 Å². The van der Waals surface area contributed by atoms with Gasteiger partial charge < -0.3 is 19.4 Å². The topological polar surface area (TPSA) is 84.7 Å². The molecule has 0 unspecified atom stereocenters. The quantitative estimate of drug-likeness (QED) is 0.742. The molecular weight excluding hydrogens is 401 g/mol. The smallest absolute Gasteiger partial charge is 0.407 e. The summed E-state index contributed by atoms with van der Waals surface area (Å²) >= 11 is 0. The highest BCUT2D eigenvalue weighted by Gasteiger charge is 2.31. The highest BCUT2D eigenvalue weighted by molar-refractivity contribution is 5.76. The number of rotatable bonds is 6. The van der Waals surface area contributed by atoms with Gasteiger partial charge in [-0.1, -0.05) is 0 Å². The van der Waals surface area contributed by atoms with Crippen LogP contribution in [0.25, 0.3) is 11.3 Å². The molecule has 1 aromatic carbocycles. The van der Waals surface area contributed by atoms with Crippen molar-refractivity contribution in [3.05, 3.63) is 42.2 Å². The fourth-order valence-corrected chi connectivity index (χ4v) is 3.58. The first kappa shape index (κ1) is 22.8. The van der Waals surface area contributed by atoms with Crippen LogP contribution in [-0.2, 0) is 16.0 Å². The lowest BCUT2D eigenvalue weighted by molar-refractivity contribution is -0.130. The molecule has 1 saturated heterocycles. The number of amides is 2. The number of carbonyl (C=O) groups is 2. The Balaban J connectivity index is 1.45. The number of carbonyl (C=O) groups excluding carboxylic acids is 2. The number of hydrogen-bond donors (Lipinski definition) is 1. The molecule has 2 aromatic rings. The zero-order valence-corrected chi connectivity index (χ0v) is 18.5. The Morgan fingerprint density at radius 3 is 2.71 bits per heavy atom. The van der Waals surface area contributed by atoms with Crippen LogP contribution in [-0.4, -0.2) is 46.6 Å². The maximum atomic E-state index is 13.1. The van der Waals surface area contributed by atoms with Gasteiger partial charge in [0.25, 0.3) is 0 Å². The van der Waals surface area contributed by atoms with Gasteiger partial charge >= 0.3 is 6.09 Å². The van der Waals surface area contributed by atoms with Crippen molar-refractivity contribution in [1.29, 1.82) is 0 Å². The molecule has 31 heavy (non-hydrogen) atoms. The lowest BCUT2D eigenvalue weighted by Gasteiger charge is -2.25. The number of oxazole rings is 1. The molecule has 0 aliphatic carbocycles. The number of likely N-dealkylation sites (tertiary alicyclic amines) is 1. The van der Waals surface area contributed by atoms with Gasteiger partial charge in [0, 0.05) is 37.5 Å². The van der Waals surface area contributed by atoms with Gasteiger partial charge in [-0.3, -0.25) is 4.79 Å². The first-order valence-electron chi connectivity index (χ1n) is 10.6. The van der Waals surface area contributed by atoms with E-state index in [-0.39, 0.29) is 23.7 Å². The van der Waals surface area contributed by atoms with Crippen LogP contribution in [0.1, 0.15) is 46.4 Å². The van der Waals surface area contributed by atoms with Crippen molar-refractivity contribution in [3.8, 4) is 11.3 Å². The van der Waals surface area contributed by atoms with E-state index in [9.17, 15) is 14.0 Å². The molecule has 1 aromatic heterocycles. The zero-order valence-electron chi connectivity index (χ0n) is 18.5. The normalized spacial score (nSPS) is 17.5. The second kappa shape index (κ2) is 9.49. The summed E-state index contributed by atoms with van der Waals surface area (Å²) in [5.41, 5.74) is 0.193. The predicted octanol–water partition coefficient (Wildman–Crippen LogP) is 4.18. The standard InChI is InChI=1S/C23H30FN3O4/c1-15(26-22(29)31-23(2,3)4)17-11-12-27(14-17)21(28)10-9-20-25-13-19(30-20)16-5-7-18(24)8-6-16/h5-8,13,15,17H,9-12,14H2,1-4H3,(H,26,29)/t15-,17+/m0/s1. The molecule has 8 heteroatoms. The molecule has 0 saturated carbocycles. The summed E-state index contributed by atoms with van der Waals surface area (Å²) in [4.78, 5) is 30.6. The van der Waals surface area contributed by atoms with E-state index in [1.54, 1.807) is 18.3 Å². The molecule has 2 atom stereocenters. The van der Waals surface area contributed by atoms with Crippen LogP contribution in [0.4, 0.5) is 9.18 Å². The van der Waals surface area contributed by atoms with E-state index >= 15 is 0 Å². The van der Waals surface area contributed by atoms with Crippen molar-refractivity contribution >= 4 is 12.0 Å². The maximum Gasteiger partial charge on any atom is 0.407 e.